The number of halogens is 1. The molecule has 2 heterocycles. The fourth-order valence-corrected chi connectivity index (χ4v) is 1.87. The minimum Gasteiger partial charge on any atom is -0.382 e. The summed E-state index contributed by atoms with van der Waals surface area (Å²) in [5, 5.41) is 9.91. The Morgan fingerprint density at radius 2 is 1.94 bits per heavy atom. The highest BCUT2D eigenvalue weighted by Gasteiger charge is 2.20. The van der Waals surface area contributed by atoms with E-state index in [-0.39, 0.29) is 0 Å². The van der Waals surface area contributed by atoms with Crippen LogP contribution in [0, 0.1) is 10.5 Å². The predicted octanol–water partition coefficient (Wildman–Crippen LogP) is 2.68. The van der Waals surface area contributed by atoms with Crippen LogP contribution in [0.4, 0.5) is 0 Å². The summed E-state index contributed by atoms with van der Waals surface area (Å²) in [5.41, 5.74) is 1.60. The molecule has 0 aliphatic rings. The minimum absolute atomic E-state index is 0.400. The van der Waals surface area contributed by atoms with Crippen LogP contribution in [0.25, 0.3) is 11.4 Å². The molecule has 0 bridgehead atoms. The van der Waals surface area contributed by atoms with Gasteiger partial charge in [-0.3, -0.25) is 4.98 Å². The molecule has 0 spiro atoms. The number of pyridine rings is 1. The topological polar surface area (TPSA) is 58.9 Å². The van der Waals surface area contributed by atoms with Crippen molar-refractivity contribution >= 4 is 22.6 Å². The Morgan fingerprint density at radius 3 is 2.56 bits per heavy atom. The predicted molar refractivity (Wildman–Crippen MR) is 78.0 cm³/mol. The number of rotatable bonds is 2. The van der Waals surface area contributed by atoms with E-state index in [1.165, 1.54) is 0 Å². The van der Waals surface area contributed by atoms with Gasteiger partial charge in [-0.2, -0.15) is 0 Å². The van der Waals surface area contributed by atoms with Crippen LogP contribution in [0.15, 0.2) is 24.5 Å². The number of hydrogen-bond donors (Lipinski definition) is 1. The van der Waals surface area contributed by atoms with Crippen molar-refractivity contribution in [2.45, 2.75) is 26.4 Å². The van der Waals surface area contributed by atoms with Gasteiger partial charge in [-0.15, -0.1) is 0 Å². The molecule has 0 saturated carbocycles. The molecule has 2 aromatic rings. The fourth-order valence-electron chi connectivity index (χ4n) is 1.44. The van der Waals surface area contributed by atoms with E-state index < -0.39 is 5.60 Å². The van der Waals surface area contributed by atoms with E-state index >= 15 is 0 Å². The van der Waals surface area contributed by atoms with Crippen LogP contribution < -0.4 is 0 Å². The molecular formula is C13H14IN3O. The van der Waals surface area contributed by atoms with Crippen LogP contribution in [-0.2, 0) is 5.60 Å². The highest BCUT2D eigenvalue weighted by atomic mass is 127. The Labute approximate surface area is 120 Å². The van der Waals surface area contributed by atoms with Crippen LogP contribution in [0.5, 0.6) is 0 Å². The Hall–Kier alpha value is -1.08. The highest BCUT2D eigenvalue weighted by Crippen LogP contribution is 2.21. The highest BCUT2D eigenvalue weighted by molar-refractivity contribution is 14.1. The lowest BCUT2D eigenvalue weighted by Crippen LogP contribution is -2.19. The lowest BCUT2D eigenvalue weighted by molar-refractivity contribution is 0.0688. The molecule has 5 heteroatoms. The number of hydrogen-bond acceptors (Lipinski definition) is 4. The van der Waals surface area contributed by atoms with E-state index in [0.29, 0.717) is 5.82 Å². The zero-order valence-corrected chi connectivity index (χ0v) is 12.6. The van der Waals surface area contributed by atoms with Crippen molar-refractivity contribution in [3.05, 3.63) is 39.5 Å². The molecule has 94 valence electrons. The smallest absolute Gasteiger partial charge is 0.160 e. The molecule has 0 radical (unpaired) electrons. The average molecular weight is 355 g/mol. The first-order valence-corrected chi connectivity index (χ1v) is 6.64. The van der Waals surface area contributed by atoms with E-state index in [2.05, 4.69) is 37.5 Å². The molecule has 0 aliphatic heterocycles. The number of aromatic nitrogens is 3. The molecule has 0 unspecified atom stereocenters. The zero-order valence-electron chi connectivity index (χ0n) is 10.5. The lowest BCUT2D eigenvalue weighted by Gasteiger charge is -2.15. The molecule has 4 nitrogen and oxygen atoms in total. The van der Waals surface area contributed by atoms with Gasteiger partial charge >= 0.3 is 0 Å². The van der Waals surface area contributed by atoms with Gasteiger partial charge in [-0.25, -0.2) is 9.97 Å². The van der Waals surface area contributed by atoms with Crippen LogP contribution in [0.1, 0.15) is 25.2 Å². The second-order valence-corrected chi connectivity index (χ2v) is 5.81. The van der Waals surface area contributed by atoms with E-state index in [1.54, 1.807) is 26.1 Å². The third-order valence-corrected chi connectivity index (χ3v) is 3.66. The van der Waals surface area contributed by atoms with Crippen molar-refractivity contribution in [2.75, 3.05) is 0 Å². The third-order valence-electron chi connectivity index (χ3n) is 2.50. The average Bonchev–Trinajstić information content (AvgIpc) is 2.32. The van der Waals surface area contributed by atoms with Gasteiger partial charge in [0.15, 0.2) is 5.82 Å². The van der Waals surface area contributed by atoms with Crippen molar-refractivity contribution in [1.29, 1.82) is 0 Å². The monoisotopic (exact) mass is 355 g/mol. The normalized spacial score (nSPS) is 11.6. The number of aliphatic hydroxyl groups is 1. The molecule has 0 amide bonds. The van der Waals surface area contributed by atoms with Crippen LogP contribution in [0.3, 0.4) is 0 Å². The van der Waals surface area contributed by atoms with E-state index in [1.807, 2.05) is 19.2 Å². The summed E-state index contributed by atoms with van der Waals surface area (Å²) in [6, 6.07) is 3.77. The Balaban J connectivity index is 2.48. The Bertz CT molecular complexity index is 579. The first kappa shape index (κ1) is 13.4. The van der Waals surface area contributed by atoms with Gasteiger partial charge in [-0.1, -0.05) is 0 Å². The minimum atomic E-state index is -1.05. The maximum Gasteiger partial charge on any atom is 0.160 e. The van der Waals surface area contributed by atoms with Crippen LogP contribution >= 0.6 is 22.6 Å². The van der Waals surface area contributed by atoms with Crippen LogP contribution in [0.2, 0.25) is 0 Å². The van der Waals surface area contributed by atoms with Crippen molar-refractivity contribution in [3.8, 4) is 11.4 Å². The molecular weight excluding hydrogens is 341 g/mol. The fraction of sp³-hybridized carbons (Fsp3) is 0.308. The largest absolute Gasteiger partial charge is 0.382 e. The van der Waals surface area contributed by atoms with E-state index in [4.69, 9.17) is 0 Å². The van der Waals surface area contributed by atoms with Gasteiger partial charge in [0.05, 0.1) is 11.4 Å². The first-order valence-electron chi connectivity index (χ1n) is 5.56. The van der Waals surface area contributed by atoms with Gasteiger partial charge in [0.25, 0.3) is 0 Å². The summed E-state index contributed by atoms with van der Waals surface area (Å²) in [7, 11) is 0. The molecule has 1 N–H and O–H groups in total. The van der Waals surface area contributed by atoms with Gasteiger partial charge < -0.3 is 5.11 Å². The molecule has 0 fully saturated rings. The maximum absolute atomic E-state index is 9.91. The summed E-state index contributed by atoms with van der Waals surface area (Å²) < 4.78 is 1.14. The molecule has 0 saturated heterocycles. The van der Waals surface area contributed by atoms with Crippen molar-refractivity contribution in [1.82, 2.24) is 15.0 Å². The van der Waals surface area contributed by atoms with Crippen molar-refractivity contribution in [2.24, 2.45) is 0 Å². The van der Waals surface area contributed by atoms with Gasteiger partial charge in [0.2, 0.25) is 0 Å². The molecule has 2 aromatic heterocycles. The summed E-state index contributed by atoms with van der Waals surface area (Å²) in [6.45, 7) is 5.34. The molecule has 0 atom stereocenters. The van der Waals surface area contributed by atoms with Crippen molar-refractivity contribution < 1.29 is 5.11 Å². The van der Waals surface area contributed by atoms with E-state index in [0.717, 1.165) is 20.5 Å². The van der Waals surface area contributed by atoms with Gasteiger partial charge in [-0.05, 0) is 61.1 Å². The quantitative estimate of drug-likeness (QED) is 0.842. The lowest BCUT2D eigenvalue weighted by atomic mass is 10.1. The van der Waals surface area contributed by atoms with Gasteiger partial charge in [0.1, 0.15) is 5.60 Å². The Morgan fingerprint density at radius 1 is 1.22 bits per heavy atom. The van der Waals surface area contributed by atoms with Crippen molar-refractivity contribution in [3.63, 3.8) is 0 Å². The summed E-state index contributed by atoms with van der Waals surface area (Å²) >= 11 is 2.27. The van der Waals surface area contributed by atoms with Gasteiger partial charge in [0, 0.05) is 16.0 Å². The standard InChI is InChI=1S/C13H14IN3O/c1-8-7-16-11(6-9(8)14)10-4-5-15-12(17-10)13(2,3)18/h4-7,18H,1-3H3. The first-order chi connectivity index (χ1) is 8.38. The maximum atomic E-state index is 9.91. The molecule has 0 aliphatic carbocycles. The molecule has 2 rings (SSSR count). The van der Waals surface area contributed by atoms with Crippen LogP contribution in [-0.4, -0.2) is 20.1 Å². The molecule has 18 heavy (non-hydrogen) atoms. The number of aryl methyl sites for hydroxylation is 1. The zero-order chi connectivity index (χ0) is 13.3. The molecule has 0 aromatic carbocycles. The number of nitrogens with zero attached hydrogens (tertiary/aromatic N) is 3. The summed E-state index contributed by atoms with van der Waals surface area (Å²) in [4.78, 5) is 12.8. The Kier molecular flexibility index (Phi) is 3.63. The third kappa shape index (κ3) is 2.84. The summed E-state index contributed by atoms with van der Waals surface area (Å²) in [6.07, 6.45) is 3.47. The second-order valence-electron chi connectivity index (χ2n) is 4.64. The second kappa shape index (κ2) is 4.89. The van der Waals surface area contributed by atoms with E-state index in [9.17, 15) is 5.11 Å². The SMILES string of the molecule is Cc1cnc(-c2ccnc(C(C)(C)O)n2)cc1I. The summed E-state index contributed by atoms with van der Waals surface area (Å²) in [5.74, 6) is 0.400.